The van der Waals surface area contributed by atoms with E-state index in [1.807, 2.05) is 19.1 Å². The number of nitrogens with one attached hydrogen (secondary N) is 2. The van der Waals surface area contributed by atoms with Crippen LogP contribution in [0.4, 0.5) is 11.9 Å². The van der Waals surface area contributed by atoms with Crippen LogP contribution in [-0.4, -0.2) is 51.6 Å². The van der Waals surface area contributed by atoms with E-state index >= 15 is 0 Å². The molecule has 3 heterocycles. The molecule has 3 rings (SSSR count). The molecule has 1 aliphatic rings. The molecule has 0 unspecified atom stereocenters. The highest BCUT2D eigenvalue weighted by Crippen LogP contribution is 2.18. The maximum absolute atomic E-state index is 5.49. The Bertz CT molecular complexity index is 668. The van der Waals surface area contributed by atoms with Gasteiger partial charge < -0.3 is 24.7 Å². The Balaban J connectivity index is 1.63. The summed E-state index contributed by atoms with van der Waals surface area (Å²) in [4.78, 5) is 15.7. The van der Waals surface area contributed by atoms with Crippen LogP contribution in [-0.2, 0) is 6.54 Å². The van der Waals surface area contributed by atoms with E-state index in [1.165, 1.54) is 0 Å². The average molecular weight is 360 g/mol. The molecular formula is C18H28N6O2. The van der Waals surface area contributed by atoms with Gasteiger partial charge in [0, 0.05) is 25.2 Å². The molecule has 1 fully saturated rings. The lowest BCUT2D eigenvalue weighted by molar-refractivity contribution is 0.177. The lowest BCUT2D eigenvalue weighted by atomic mass is 10.0. The van der Waals surface area contributed by atoms with Crippen LogP contribution in [0.2, 0.25) is 0 Å². The second-order valence-electron chi connectivity index (χ2n) is 6.68. The van der Waals surface area contributed by atoms with Gasteiger partial charge in [-0.1, -0.05) is 0 Å². The highest BCUT2D eigenvalue weighted by Gasteiger charge is 2.21. The summed E-state index contributed by atoms with van der Waals surface area (Å²) >= 11 is 0. The highest BCUT2D eigenvalue weighted by atomic mass is 16.5. The summed E-state index contributed by atoms with van der Waals surface area (Å²) in [5.74, 6) is 1.84. The van der Waals surface area contributed by atoms with Crippen LogP contribution in [0, 0.1) is 0 Å². The number of rotatable bonds is 8. The molecule has 2 N–H and O–H groups in total. The van der Waals surface area contributed by atoms with Crippen molar-refractivity contribution >= 4 is 11.9 Å². The second kappa shape index (κ2) is 8.84. The fourth-order valence-corrected chi connectivity index (χ4v) is 3.02. The van der Waals surface area contributed by atoms with Gasteiger partial charge in [0.2, 0.25) is 11.9 Å². The Kier molecular flexibility index (Phi) is 6.27. The second-order valence-corrected chi connectivity index (χ2v) is 6.68. The van der Waals surface area contributed by atoms with E-state index in [0.717, 1.165) is 31.7 Å². The van der Waals surface area contributed by atoms with Gasteiger partial charge in [0.05, 0.1) is 19.4 Å². The molecule has 0 atom stereocenters. The third-order valence-electron chi connectivity index (χ3n) is 4.48. The molecule has 2 aromatic heterocycles. The molecule has 0 aromatic carbocycles. The maximum atomic E-state index is 5.49. The van der Waals surface area contributed by atoms with Crippen LogP contribution >= 0.6 is 0 Å². The monoisotopic (exact) mass is 360 g/mol. The van der Waals surface area contributed by atoms with Crippen molar-refractivity contribution < 1.29 is 9.15 Å². The van der Waals surface area contributed by atoms with Crippen LogP contribution in [0.5, 0.6) is 6.01 Å². The highest BCUT2D eigenvalue weighted by molar-refractivity contribution is 5.37. The van der Waals surface area contributed by atoms with Crippen molar-refractivity contribution in [2.45, 2.75) is 52.2 Å². The number of anilines is 2. The van der Waals surface area contributed by atoms with Gasteiger partial charge in [-0.3, -0.25) is 0 Å². The smallest absolute Gasteiger partial charge is 0.323 e. The van der Waals surface area contributed by atoms with E-state index in [9.17, 15) is 0 Å². The predicted octanol–water partition coefficient (Wildman–Crippen LogP) is 2.76. The number of nitrogens with zero attached hydrogens (tertiary/aromatic N) is 4. The van der Waals surface area contributed by atoms with Gasteiger partial charge in [0.25, 0.3) is 0 Å². The van der Waals surface area contributed by atoms with Gasteiger partial charge >= 0.3 is 6.01 Å². The normalized spacial score (nSPS) is 16.0. The van der Waals surface area contributed by atoms with E-state index in [-0.39, 0.29) is 0 Å². The van der Waals surface area contributed by atoms with Gasteiger partial charge in [-0.15, -0.1) is 0 Å². The van der Waals surface area contributed by atoms with Crippen LogP contribution < -0.4 is 15.4 Å². The molecule has 26 heavy (non-hydrogen) atoms. The van der Waals surface area contributed by atoms with Gasteiger partial charge in [0.15, 0.2) is 0 Å². The van der Waals surface area contributed by atoms with Crippen LogP contribution in [0.15, 0.2) is 22.8 Å². The molecule has 0 aliphatic carbocycles. The lowest BCUT2D eigenvalue weighted by Crippen LogP contribution is -2.42. The number of ether oxygens (including phenoxy) is 1. The van der Waals surface area contributed by atoms with Gasteiger partial charge in [0.1, 0.15) is 5.76 Å². The average Bonchev–Trinajstić information content (AvgIpc) is 3.14. The maximum Gasteiger partial charge on any atom is 0.323 e. The number of aromatic nitrogens is 3. The van der Waals surface area contributed by atoms with E-state index in [1.54, 1.807) is 6.26 Å². The molecule has 0 radical (unpaired) electrons. The molecule has 0 spiro atoms. The number of hydrogen-bond donors (Lipinski definition) is 2. The summed E-state index contributed by atoms with van der Waals surface area (Å²) in [6.45, 7) is 9.58. The molecule has 1 saturated heterocycles. The molecular weight excluding hydrogens is 332 g/mol. The fraction of sp³-hybridized carbons (Fsp3) is 0.611. The minimum absolute atomic E-state index is 0.326. The fourth-order valence-electron chi connectivity index (χ4n) is 3.02. The van der Waals surface area contributed by atoms with Crippen LogP contribution in [0.1, 0.15) is 39.4 Å². The van der Waals surface area contributed by atoms with Crippen molar-refractivity contribution in [2.75, 3.05) is 30.3 Å². The summed E-state index contributed by atoms with van der Waals surface area (Å²) in [6, 6.07) is 5.03. The summed E-state index contributed by atoms with van der Waals surface area (Å²) in [5.41, 5.74) is 0. The van der Waals surface area contributed by atoms with Crippen molar-refractivity contribution in [3.63, 3.8) is 0 Å². The molecule has 0 amide bonds. The Labute approximate surface area is 154 Å². The zero-order valence-electron chi connectivity index (χ0n) is 15.7. The molecule has 0 saturated carbocycles. The first-order valence-corrected chi connectivity index (χ1v) is 9.29. The molecule has 142 valence electrons. The standard InChI is InChI=1S/C18H28N6O2/c1-4-25-18-22-16(19-12-15-6-5-11-26-15)21-17(23-18)20-14-7-9-24(10-8-14)13(2)3/h5-6,11,13-14H,4,7-10,12H2,1-3H3,(H2,19,20,21,22,23). The Hall–Kier alpha value is -2.35. The summed E-state index contributed by atoms with van der Waals surface area (Å²) in [7, 11) is 0. The van der Waals surface area contributed by atoms with Crippen molar-refractivity contribution in [1.29, 1.82) is 0 Å². The molecule has 1 aliphatic heterocycles. The topological polar surface area (TPSA) is 88.3 Å². The van der Waals surface area contributed by atoms with E-state index in [2.05, 4.69) is 44.3 Å². The Morgan fingerprint density at radius 2 is 2.00 bits per heavy atom. The van der Waals surface area contributed by atoms with E-state index in [4.69, 9.17) is 9.15 Å². The zero-order chi connectivity index (χ0) is 18.4. The summed E-state index contributed by atoms with van der Waals surface area (Å²) in [6.07, 6.45) is 3.79. The number of piperidine rings is 1. The Morgan fingerprint density at radius 3 is 2.65 bits per heavy atom. The van der Waals surface area contributed by atoms with E-state index in [0.29, 0.717) is 43.1 Å². The quantitative estimate of drug-likeness (QED) is 0.743. The SMILES string of the molecule is CCOc1nc(NCc2ccco2)nc(NC2CCN(C(C)C)CC2)n1. The van der Waals surface area contributed by atoms with Gasteiger partial charge in [-0.25, -0.2) is 0 Å². The third-order valence-corrected chi connectivity index (χ3v) is 4.48. The van der Waals surface area contributed by atoms with Gasteiger partial charge in [-0.2, -0.15) is 15.0 Å². The van der Waals surface area contributed by atoms with Crippen molar-refractivity contribution in [1.82, 2.24) is 19.9 Å². The first-order valence-electron chi connectivity index (χ1n) is 9.29. The third kappa shape index (κ3) is 5.08. The minimum atomic E-state index is 0.326. The van der Waals surface area contributed by atoms with Crippen molar-refractivity contribution in [3.8, 4) is 6.01 Å². The molecule has 2 aromatic rings. The molecule has 0 bridgehead atoms. The van der Waals surface area contributed by atoms with Crippen molar-refractivity contribution in [3.05, 3.63) is 24.2 Å². The van der Waals surface area contributed by atoms with Crippen LogP contribution in [0.3, 0.4) is 0 Å². The predicted molar refractivity (Wildman–Crippen MR) is 100 cm³/mol. The number of hydrogen-bond acceptors (Lipinski definition) is 8. The number of likely N-dealkylation sites (tertiary alicyclic amines) is 1. The first kappa shape index (κ1) is 18.4. The van der Waals surface area contributed by atoms with E-state index < -0.39 is 0 Å². The summed E-state index contributed by atoms with van der Waals surface area (Å²) < 4.78 is 10.8. The first-order chi connectivity index (χ1) is 12.6. The largest absolute Gasteiger partial charge is 0.467 e. The minimum Gasteiger partial charge on any atom is -0.467 e. The molecule has 8 heteroatoms. The molecule has 8 nitrogen and oxygen atoms in total. The Morgan fingerprint density at radius 1 is 1.23 bits per heavy atom. The van der Waals surface area contributed by atoms with Gasteiger partial charge in [-0.05, 0) is 45.7 Å². The van der Waals surface area contributed by atoms with Crippen LogP contribution in [0.25, 0.3) is 0 Å². The lowest BCUT2D eigenvalue weighted by Gasteiger charge is -2.34. The number of furan rings is 1. The zero-order valence-corrected chi connectivity index (χ0v) is 15.7. The summed E-state index contributed by atoms with van der Waals surface area (Å²) in [5, 5.41) is 6.60. The van der Waals surface area contributed by atoms with Crippen molar-refractivity contribution in [2.24, 2.45) is 0 Å².